The molecule has 0 bridgehead atoms. The second-order valence-electron chi connectivity index (χ2n) is 6.53. The SMILES string of the molecule is C[C@H](NC(=O)CN(c1cc(Cl)cc(Cl)c1)S(C)(=O)=O)c1ccc(S(C)(=O)=O)cc1. The molecule has 0 saturated heterocycles. The summed E-state index contributed by atoms with van der Waals surface area (Å²) in [6.07, 6.45) is 2.08. The standard InChI is InChI=1S/C18H20Cl2N2O5S2/c1-12(13-4-6-17(7-5-13)28(2,24)25)21-18(23)11-22(29(3,26)27)16-9-14(19)8-15(20)10-16/h4-10,12H,11H2,1-3H3,(H,21,23)/t12-/m0/s1. The Hall–Kier alpha value is -1.81. The van der Waals surface area contributed by atoms with Crippen LogP contribution < -0.4 is 9.62 Å². The van der Waals surface area contributed by atoms with Crippen LogP contribution in [0.3, 0.4) is 0 Å². The molecule has 0 saturated carbocycles. The van der Waals surface area contributed by atoms with Gasteiger partial charge < -0.3 is 5.32 Å². The zero-order chi connectivity index (χ0) is 22.0. The predicted octanol–water partition coefficient (Wildman–Crippen LogP) is 3.04. The van der Waals surface area contributed by atoms with Crippen LogP contribution in [0.25, 0.3) is 0 Å². The molecule has 0 spiro atoms. The highest BCUT2D eigenvalue weighted by Gasteiger charge is 2.23. The lowest BCUT2D eigenvalue weighted by Gasteiger charge is -2.23. The van der Waals surface area contributed by atoms with Crippen LogP contribution in [0.4, 0.5) is 5.69 Å². The van der Waals surface area contributed by atoms with Crippen LogP contribution in [0.1, 0.15) is 18.5 Å². The van der Waals surface area contributed by atoms with E-state index in [-0.39, 0.29) is 20.6 Å². The number of nitrogens with one attached hydrogen (secondary N) is 1. The Labute approximate surface area is 180 Å². The molecule has 0 heterocycles. The van der Waals surface area contributed by atoms with Gasteiger partial charge in [-0.1, -0.05) is 35.3 Å². The van der Waals surface area contributed by atoms with Crippen molar-refractivity contribution in [1.82, 2.24) is 5.32 Å². The number of rotatable bonds is 7. The minimum Gasteiger partial charge on any atom is -0.348 e. The van der Waals surface area contributed by atoms with Crippen molar-refractivity contribution in [2.75, 3.05) is 23.4 Å². The minimum absolute atomic E-state index is 0.167. The molecule has 2 rings (SSSR count). The predicted molar refractivity (Wildman–Crippen MR) is 115 cm³/mol. The quantitative estimate of drug-likeness (QED) is 0.658. The zero-order valence-electron chi connectivity index (χ0n) is 15.9. The fraction of sp³-hybridized carbons (Fsp3) is 0.278. The van der Waals surface area contributed by atoms with Crippen molar-refractivity contribution in [3.63, 3.8) is 0 Å². The third-order valence-corrected chi connectivity index (χ3v) is 6.71. The normalized spacial score (nSPS) is 13.0. The first-order valence-corrected chi connectivity index (χ1v) is 12.8. The van der Waals surface area contributed by atoms with E-state index in [9.17, 15) is 21.6 Å². The molecule has 0 aliphatic heterocycles. The van der Waals surface area contributed by atoms with Gasteiger partial charge in [-0.15, -0.1) is 0 Å². The number of amides is 1. The van der Waals surface area contributed by atoms with E-state index in [0.717, 1.165) is 16.8 Å². The molecule has 2 aromatic rings. The first-order valence-electron chi connectivity index (χ1n) is 8.30. The van der Waals surface area contributed by atoms with Crippen LogP contribution in [-0.2, 0) is 24.7 Å². The molecule has 0 unspecified atom stereocenters. The van der Waals surface area contributed by atoms with Crippen LogP contribution in [0.2, 0.25) is 10.0 Å². The summed E-state index contributed by atoms with van der Waals surface area (Å²) in [4.78, 5) is 12.6. The van der Waals surface area contributed by atoms with Crippen molar-refractivity contribution in [3.05, 3.63) is 58.1 Å². The van der Waals surface area contributed by atoms with Gasteiger partial charge in [0.15, 0.2) is 9.84 Å². The maximum atomic E-state index is 12.5. The summed E-state index contributed by atoms with van der Waals surface area (Å²) < 4.78 is 48.3. The van der Waals surface area contributed by atoms with E-state index in [0.29, 0.717) is 5.56 Å². The number of carbonyl (C=O) groups is 1. The van der Waals surface area contributed by atoms with Crippen molar-refractivity contribution >= 4 is 54.7 Å². The summed E-state index contributed by atoms with van der Waals surface area (Å²) in [5.41, 5.74) is 0.841. The molecule has 1 atom stereocenters. The number of anilines is 1. The third kappa shape index (κ3) is 6.60. The van der Waals surface area contributed by atoms with Crippen molar-refractivity contribution < 1.29 is 21.6 Å². The van der Waals surface area contributed by atoms with Crippen molar-refractivity contribution in [3.8, 4) is 0 Å². The first-order chi connectivity index (χ1) is 13.3. The molecule has 1 N–H and O–H groups in total. The molecule has 0 radical (unpaired) electrons. The number of carbonyl (C=O) groups excluding carboxylic acids is 1. The van der Waals surface area contributed by atoms with E-state index >= 15 is 0 Å². The summed E-state index contributed by atoms with van der Waals surface area (Å²) in [5, 5.41) is 3.17. The Balaban J connectivity index is 2.18. The summed E-state index contributed by atoms with van der Waals surface area (Å²) in [6.45, 7) is 1.23. The second kappa shape index (κ2) is 8.91. The number of halogens is 2. The minimum atomic E-state index is -3.78. The van der Waals surface area contributed by atoms with Crippen LogP contribution in [0.5, 0.6) is 0 Å². The van der Waals surface area contributed by atoms with Gasteiger partial charge in [0.05, 0.1) is 22.9 Å². The average molecular weight is 479 g/mol. The highest BCUT2D eigenvalue weighted by molar-refractivity contribution is 7.92. The summed E-state index contributed by atoms with van der Waals surface area (Å²) in [5.74, 6) is -0.550. The molecule has 29 heavy (non-hydrogen) atoms. The molecule has 0 aliphatic carbocycles. The topological polar surface area (TPSA) is 101 Å². The number of sulfonamides is 1. The van der Waals surface area contributed by atoms with Gasteiger partial charge >= 0.3 is 0 Å². The largest absolute Gasteiger partial charge is 0.348 e. The second-order valence-corrected chi connectivity index (χ2v) is 11.3. The fourth-order valence-corrected chi connectivity index (χ4v) is 4.57. The molecular weight excluding hydrogens is 459 g/mol. The van der Waals surface area contributed by atoms with Crippen molar-refractivity contribution in [2.45, 2.75) is 17.9 Å². The van der Waals surface area contributed by atoms with Gasteiger partial charge in [0.25, 0.3) is 0 Å². The Morgan fingerprint density at radius 1 is 1.00 bits per heavy atom. The molecule has 7 nitrogen and oxygen atoms in total. The van der Waals surface area contributed by atoms with Gasteiger partial charge in [-0.3, -0.25) is 9.10 Å². The maximum Gasteiger partial charge on any atom is 0.241 e. The molecule has 0 fully saturated rings. The van der Waals surface area contributed by atoms with E-state index in [1.165, 1.54) is 30.3 Å². The number of sulfone groups is 1. The molecule has 1 amide bonds. The smallest absolute Gasteiger partial charge is 0.241 e. The Morgan fingerprint density at radius 3 is 1.97 bits per heavy atom. The number of nitrogens with zero attached hydrogens (tertiary/aromatic N) is 1. The van der Waals surface area contributed by atoms with Gasteiger partial charge in [0.2, 0.25) is 15.9 Å². The molecule has 158 valence electrons. The Morgan fingerprint density at radius 2 is 1.52 bits per heavy atom. The maximum absolute atomic E-state index is 12.5. The van der Waals surface area contributed by atoms with Crippen molar-refractivity contribution in [2.24, 2.45) is 0 Å². The lowest BCUT2D eigenvalue weighted by Crippen LogP contribution is -2.41. The van der Waals surface area contributed by atoms with E-state index < -0.39 is 38.4 Å². The van der Waals surface area contributed by atoms with Gasteiger partial charge in [0.1, 0.15) is 6.54 Å². The Bertz CT molecular complexity index is 1100. The molecule has 0 aromatic heterocycles. The van der Waals surface area contributed by atoms with Crippen LogP contribution in [0, 0.1) is 0 Å². The lowest BCUT2D eigenvalue weighted by atomic mass is 10.1. The summed E-state index contributed by atoms with van der Waals surface area (Å²) in [6, 6.07) is 9.85. The first kappa shape index (κ1) is 23.5. The van der Waals surface area contributed by atoms with Gasteiger partial charge in [-0.2, -0.15) is 0 Å². The summed E-state index contributed by atoms with van der Waals surface area (Å²) >= 11 is 11.9. The molecule has 2 aromatic carbocycles. The van der Waals surface area contributed by atoms with Crippen LogP contribution in [-0.4, -0.2) is 41.8 Å². The zero-order valence-corrected chi connectivity index (χ0v) is 19.0. The summed E-state index contributed by atoms with van der Waals surface area (Å²) in [7, 11) is -7.10. The monoisotopic (exact) mass is 478 g/mol. The van der Waals surface area contributed by atoms with E-state index in [4.69, 9.17) is 23.2 Å². The third-order valence-electron chi connectivity index (χ3n) is 4.01. The molecule has 0 aliphatic rings. The highest BCUT2D eigenvalue weighted by atomic mass is 35.5. The van der Waals surface area contributed by atoms with Crippen LogP contribution in [0.15, 0.2) is 47.4 Å². The van der Waals surface area contributed by atoms with Gasteiger partial charge in [-0.25, -0.2) is 16.8 Å². The average Bonchev–Trinajstić information content (AvgIpc) is 2.57. The Kier molecular flexibility index (Phi) is 7.21. The van der Waals surface area contributed by atoms with E-state index in [1.807, 2.05) is 0 Å². The van der Waals surface area contributed by atoms with Gasteiger partial charge in [0, 0.05) is 16.3 Å². The highest BCUT2D eigenvalue weighted by Crippen LogP contribution is 2.27. The fourth-order valence-electron chi connectivity index (χ4n) is 2.59. The number of hydrogen-bond donors (Lipinski definition) is 1. The van der Waals surface area contributed by atoms with Crippen molar-refractivity contribution in [1.29, 1.82) is 0 Å². The lowest BCUT2D eigenvalue weighted by molar-refractivity contribution is -0.120. The molecule has 11 heteroatoms. The van der Waals surface area contributed by atoms with Gasteiger partial charge in [-0.05, 0) is 42.8 Å². The number of hydrogen-bond acceptors (Lipinski definition) is 5. The van der Waals surface area contributed by atoms with E-state index in [1.54, 1.807) is 19.1 Å². The van der Waals surface area contributed by atoms with Crippen LogP contribution >= 0.6 is 23.2 Å². The van der Waals surface area contributed by atoms with E-state index in [2.05, 4.69) is 5.32 Å². The molecular formula is C18H20Cl2N2O5S2. The number of benzene rings is 2.